The van der Waals surface area contributed by atoms with E-state index >= 15 is 0 Å². The molecule has 9 heteroatoms. The Morgan fingerprint density at radius 3 is 2.90 bits per heavy atom. The summed E-state index contributed by atoms with van der Waals surface area (Å²) in [6.07, 6.45) is 10.9. The minimum atomic E-state index is -0.00242. The van der Waals surface area contributed by atoms with Gasteiger partial charge in [-0.05, 0) is 25.5 Å². The van der Waals surface area contributed by atoms with Crippen molar-refractivity contribution in [1.82, 2.24) is 34.6 Å². The number of rotatable bonds is 5. The molecule has 9 nitrogen and oxygen atoms in total. The van der Waals surface area contributed by atoms with Crippen LogP contribution >= 0.6 is 0 Å². The van der Waals surface area contributed by atoms with Crippen molar-refractivity contribution in [1.29, 1.82) is 0 Å². The van der Waals surface area contributed by atoms with Crippen LogP contribution in [0.3, 0.4) is 0 Å². The van der Waals surface area contributed by atoms with Gasteiger partial charge in [0, 0.05) is 56.8 Å². The molecule has 1 fully saturated rings. The van der Waals surface area contributed by atoms with Gasteiger partial charge in [0.05, 0.1) is 17.6 Å². The van der Waals surface area contributed by atoms with E-state index in [0.29, 0.717) is 30.5 Å². The maximum absolute atomic E-state index is 12.6. The van der Waals surface area contributed by atoms with Crippen LogP contribution in [0.25, 0.3) is 6.08 Å². The minimum Gasteiger partial charge on any atom is -0.338 e. The molecular weight excluding hydrogens is 368 g/mol. The van der Waals surface area contributed by atoms with E-state index in [4.69, 9.17) is 0 Å². The Bertz CT molecular complexity index is 1030. The van der Waals surface area contributed by atoms with E-state index in [-0.39, 0.29) is 11.8 Å². The fourth-order valence-corrected chi connectivity index (χ4v) is 3.37. The fraction of sp³-hybridized carbons (Fsp3) is 0.300. The molecular formula is C20H22N8O. The Morgan fingerprint density at radius 1 is 1.24 bits per heavy atom. The van der Waals surface area contributed by atoms with Gasteiger partial charge in [-0.25, -0.2) is 15.0 Å². The number of hydrogen-bond acceptors (Lipinski definition) is 7. The van der Waals surface area contributed by atoms with Crippen molar-refractivity contribution in [3.05, 3.63) is 60.2 Å². The highest BCUT2D eigenvalue weighted by molar-refractivity contribution is 5.91. The average molecular weight is 390 g/mol. The first-order chi connectivity index (χ1) is 14.1. The normalized spacial score (nSPS) is 16.5. The van der Waals surface area contributed by atoms with Gasteiger partial charge in [-0.15, -0.1) is 0 Å². The number of hydrogen-bond donors (Lipinski definition) is 1. The molecule has 1 unspecified atom stereocenters. The third-order valence-electron chi connectivity index (χ3n) is 4.85. The van der Waals surface area contributed by atoms with Gasteiger partial charge in [-0.2, -0.15) is 5.10 Å². The minimum absolute atomic E-state index is 0.00242. The standard InChI is InChI=1S/C20H22N8O/c1-14-24-17(11-18(25-14)26-19-12-21-8-9-22-19)15-6-10-28(13-15)20(29)4-3-16-5-7-23-27(16)2/h3-5,7-9,11-12,15H,6,10,13H2,1-2H3,(H,22,24,25,26)/b4-3+. The van der Waals surface area contributed by atoms with Gasteiger partial charge in [-0.3, -0.25) is 14.5 Å². The third kappa shape index (κ3) is 4.45. The van der Waals surface area contributed by atoms with Crippen LogP contribution in [0.1, 0.15) is 29.6 Å². The molecule has 1 N–H and O–H groups in total. The zero-order valence-corrected chi connectivity index (χ0v) is 16.4. The van der Waals surface area contributed by atoms with Crippen LogP contribution < -0.4 is 5.32 Å². The molecule has 1 aliphatic rings. The number of likely N-dealkylation sites (tertiary alicyclic amines) is 1. The molecule has 1 saturated heterocycles. The van der Waals surface area contributed by atoms with Gasteiger partial charge in [0.25, 0.3) is 0 Å². The smallest absolute Gasteiger partial charge is 0.246 e. The fourth-order valence-electron chi connectivity index (χ4n) is 3.37. The highest BCUT2D eigenvalue weighted by Crippen LogP contribution is 2.28. The van der Waals surface area contributed by atoms with Gasteiger partial charge in [0.2, 0.25) is 5.91 Å². The number of nitrogens with one attached hydrogen (secondary N) is 1. The van der Waals surface area contributed by atoms with Crippen molar-refractivity contribution in [3.63, 3.8) is 0 Å². The Hall–Kier alpha value is -3.62. The second kappa shape index (κ2) is 8.17. The Balaban J connectivity index is 1.44. The largest absolute Gasteiger partial charge is 0.338 e. The maximum Gasteiger partial charge on any atom is 0.246 e. The van der Waals surface area contributed by atoms with E-state index in [1.807, 2.05) is 31.0 Å². The quantitative estimate of drug-likeness (QED) is 0.666. The van der Waals surface area contributed by atoms with E-state index < -0.39 is 0 Å². The SMILES string of the molecule is Cc1nc(Nc2cnccn2)cc(C2CCN(C(=O)/C=C/c3ccnn3C)C2)n1. The number of anilines is 2. The Kier molecular flexibility index (Phi) is 5.28. The monoisotopic (exact) mass is 390 g/mol. The summed E-state index contributed by atoms with van der Waals surface area (Å²) in [7, 11) is 1.85. The van der Waals surface area contributed by atoms with Crippen molar-refractivity contribution in [2.45, 2.75) is 19.3 Å². The second-order valence-corrected chi connectivity index (χ2v) is 6.92. The molecule has 1 atom stereocenters. The topological polar surface area (TPSA) is 102 Å². The molecule has 4 rings (SSSR count). The number of aromatic nitrogens is 6. The second-order valence-electron chi connectivity index (χ2n) is 6.92. The van der Waals surface area contributed by atoms with Crippen LogP contribution in [0.4, 0.5) is 11.6 Å². The maximum atomic E-state index is 12.6. The molecule has 0 radical (unpaired) electrons. The molecule has 1 amide bonds. The molecule has 0 spiro atoms. The first-order valence-corrected chi connectivity index (χ1v) is 9.42. The van der Waals surface area contributed by atoms with Crippen molar-refractivity contribution in [3.8, 4) is 0 Å². The number of carbonyl (C=O) groups excluding carboxylic acids is 1. The zero-order valence-electron chi connectivity index (χ0n) is 16.4. The van der Waals surface area contributed by atoms with Crippen LogP contribution in [-0.2, 0) is 11.8 Å². The van der Waals surface area contributed by atoms with Crippen molar-refractivity contribution >= 4 is 23.6 Å². The van der Waals surface area contributed by atoms with Crippen LogP contribution in [0.15, 0.2) is 43.0 Å². The van der Waals surface area contributed by atoms with Crippen LogP contribution in [-0.4, -0.2) is 53.6 Å². The van der Waals surface area contributed by atoms with Gasteiger partial charge in [0.15, 0.2) is 0 Å². The summed E-state index contributed by atoms with van der Waals surface area (Å²) in [5.41, 5.74) is 1.81. The summed E-state index contributed by atoms with van der Waals surface area (Å²) >= 11 is 0. The number of aryl methyl sites for hydroxylation is 2. The summed E-state index contributed by atoms with van der Waals surface area (Å²) < 4.78 is 1.73. The first-order valence-electron chi connectivity index (χ1n) is 9.42. The third-order valence-corrected chi connectivity index (χ3v) is 4.85. The molecule has 0 saturated carbocycles. The van der Waals surface area contributed by atoms with Crippen molar-refractivity contribution in [2.75, 3.05) is 18.4 Å². The zero-order chi connectivity index (χ0) is 20.2. The number of amides is 1. The molecule has 4 heterocycles. The van der Waals surface area contributed by atoms with E-state index in [0.717, 1.165) is 17.8 Å². The highest BCUT2D eigenvalue weighted by Gasteiger charge is 2.27. The van der Waals surface area contributed by atoms with Crippen LogP contribution in [0.2, 0.25) is 0 Å². The summed E-state index contributed by atoms with van der Waals surface area (Å²) in [4.78, 5) is 31.7. The Labute approximate surface area is 168 Å². The van der Waals surface area contributed by atoms with E-state index in [1.54, 1.807) is 41.6 Å². The highest BCUT2D eigenvalue weighted by atomic mass is 16.2. The van der Waals surface area contributed by atoms with Gasteiger partial charge >= 0.3 is 0 Å². The van der Waals surface area contributed by atoms with E-state index in [1.165, 1.54) is 0 Å². The molecule has 0 bridgehead atoms. The number of carbonyl (C=O) groups is 1. The van der Waals surface area contributed by atoms with Crippen LogP contribution in [0.5, 0.6) is 0 Å². The van der Waals surface area contributed by atoms with E-state index in [2.05, 4.69) is 30.4 Å². The molecule has 0 aliphatic carbocycles. The lowest BCUT2D eigenvalue weighted by molar-refractivity contribution is -0.124. The molecule has 29 heavy (non-hydrogen) atoms. The molecule has 1 aliphatic heterocycles. The van der Waals surface area contributed by atoms with Crippen LogP contribution in [0, 0.1) is 6.92 Å². The number of nitrogens with zero attached hydrogens (tertiary/aromatic N) is 7. The van der Waals surface area contributed by atoms with Crippen molar-refractivity contribution in [2.24, 2.45) is 7.05 Å². The first kappa shape index (κ1) is 18.7. The van der Waals surface area contributed by atoms with Crippen molar-refractivity contribution < 1.29 is 4.79 Å². The summed E-state index contributed by atoms with van der Waals surface area (Å²) in [5, 5.41) is 7.26. The molecule has 3 aromatic rings. The Morgan fingerprint density at radius 2 is 2.14 bits per heavy atom. The molecule has 148 valence electrons. The molecule has 3 aromatic heterocycles. The summed E-state index contributed by atoms with van der Waals surface area (Å²) in [6.45, 7) is 3.20. The van der Waals surface area contributed by atoms with Gasteiger partial charge in [0.1, 0.15) is 17.5 Å². The lowest BCUT2D eigenvalue weighted by atomic mass is 10.0. The predicted octanol–water partition coefficient (Wildman–Crippen LogP) is 2.08. The predicted molar refractivity (Wildman–Crippen MR) is 108 cm³/mol. The molecule has 0 aromatic carbocycles. The van der Waals surface area contributed by atoms with Gasteiger partial charge < -0.3 is 10.2 Å². The lowest BCUT2D eigenvalue weighted by Crippen LogP contribution is -2.26. The van der Waals surface area contributed by atoms with Gasteiger partial charge in [-0.1, -0.05) is 0 Å². The summed E-state index contributed by atoms with van der Waals surface area (Å²) in [5.74, 6) is 2.15. The summed E-state index contributed by atoms with van der Waals surface area (Å²) in [6, 6.07) is 3.79. The average Bonchev–Trinajstić information content (AvgIpc) is 3.36. The van der Waals surface area contributed by atoms with E-state index in [9.17, 15) is 4.79 Å². The lowest BCUT2D eigenvalue weighted by Gasteiger charge is -2.15.